The van der Waals surface area contributed by atoms with E-state index in [1.807, 2.05) is 37.9 Å². The van der Waals surface area contributed by atoms with Crippen molar-refractivity contribution in [3.05, 3.63) is 35.4 Å². The third kappa shape index (κ3) is 4.07. The fourth-order valence-electron chi connectivity index (χ4n) is 2.88. The molecule has 0 spiro atoms. The summed E-state index contributed by atoms with van der Waals surface area (Å²) in [5.41, 5.74) is 2.21. The van der Waals surface area contributed by atoms with E-state index in [4.69, 9.17) is 0 Å². The lowest BCUT2D eigenvalue weighted by molar-refractivity contribution is 0.0785. The molecule has 1 amide bonds. The molecule has 2 fully saturated rings. The summed E-state index contributed by atoms with van der Waals surface area (Å²) in [6.45, 7) is 6.21. The Morgan fingerprint density at radius 2 is 1.62 bits per heavy atom. The first-order chi connectivity index (χ1) is 10.3. The van der Waals surface area contributed by atoms with Crippen LogP contribution in [0.25, 0.3) is 0 Å². The first-order valence-corrected chi connectivity index (χ1v) is 8.33. The molecule has 1 aromatic carbocycles. The number of rotatable bonds is 3. The van der Waals surface area contributed by atoms with Gasteiger partial charge in [-0.25, -0.2) is 0 Å². The van der Waals surface area contributed by atoms with Crippen LogP contribution in [0.4, 0.5) is 0 Å². The number of carbonyl (C=O) groups excluding carboxylic acids is 1. The average Bonchev–Trinajstić information content (AvgIpc) is 3.41. The zero-order valence-corrected chi connectivity index (χ0v) is 13.6. The summed E-state index contributed by atoms with van der Waals surface area (Å²) in [6, 6.07) is 8.77. The van der Waals surface area contributed by atoms with Gasteiger partial charge in [-0.2, -0.15) is 0 Å². The highest BCUT2D eigenvalue weighted by atomic mass is 16.2. The van der Waals surface area contributed by atoms with E-state index in [1.165, 1.54) is 18.4 Å². The van der Waals surface area contributed by atoms with Crippen molar-refractivity contribution in [1.29, 1.82) is 0 Å². The lowest BCUT2D eigenvalue weighted by Crippen LogP contribution is -2.29. The zero-order chi connectivity index (χ0) is 15.2. The van der Waals surface area contributed by atoms with Gasteiger partial charge in [0.15, 0.2) is 0 Å². The first-order valence-electron chi connectivity index (χ1n) is 8.33. The molecule has 1 aliphatic heterocycles. The van der Waals surface area contributed by atoms with Gasteiger partial charge in [-0.3, -0.25) is 4.79 Å². The van der Waals surface area contributed by atoms with Crippen molar-refractivity contribution in [3.8, 4) is 0 Å². The Balaban J connectivity index is 0.000000774. The van der Waals surface area contributed by atoms with E-state index in [0.29, 0.717) is 12.0 Å². The van der Waals surface area contributed by atoms with E-state index in [2.05, 4.69) is 17.4 Å². The van der Waals surface area contributed by atoms with E-state index in [1.54, 1.807) is 0 Å². The zero-order valence-electron chi connectivity index (χ0n) is 13.6. The largest absolute Gasteiger partial charge is 0.339 e. The maximum Gasteiger partial charge on any atom is 0.253 e. The first kappa shape index (κ1) is 16.0. The maximum absolute atomic E-state index is 12.2. The summed E-state index contributed by atoms with van der Waals surface area (Å²) < 4.78 is 0. The molecular formula is C18H28N2O. The van der Waals surface area contributed by atoms with Gasteiger partial charge in [0.05, 0.1) is 0 Å². The van der Waals surface area contributed by atoms with Gasteiger partial charge < -0.3 is 10.2 Å². The van der Waals surface area contributed by atoms with Gasteiger partial charge in [-0.15, -0.1) is 0 Å². The van der Waals surface area contributed by atoms with Crippen LogP contribution in [-0.4, -0.2) is 37.0 Å². The molecule has 0 radical (unpaired) electrons. The topological polar surface area (TPSA) is 32.3 Å². The summed E-state index contributed by atoms with van der Waals surface area (Å²) in [5.74, 6) is 0.825. The molecule has 3 nitrogen and oxygen atoms in total. The number of amides is 1. The Bertz CT molecular complexity index is 445. The maximum atomic E-state index is 12.2. The van der Waals surface area contributed by atoms with E-state index in [9.17, 15) is 4.79 Å². The third-order valence-electron chi connectivity index (χ3n) is 4.38. The van der Waals surface area contributed by atoms with Crippen molar-refractivity contribution < 1.29 is 4.79 Å². The second kappa shape index (κ2) is 7.60. The molecule has 116 valence electrons. The Kier molecular flexibility index (Phi) is 5.80. The van der Waals surface area contributed by atoms with Crippen molar-refractivity contribution in [2.75, 3.05) is 20.1 Å². The summed E-state index contributed by atoms with van der Waals surface area (Å²) in [4.78, 5) is 14.1. The lowest BCUT2D eigenvalue weighted by atomic mass is 9.90. The van der Waals surface area contributed by atoms with Gasteiger partial charge in [0.25, 0.3) is 5.91 Å². The number of benzene rings is 1. The van der Waals surface area contributed by atoms with Crippen LogP contribution < -0.4 is 5.32 Å². The van der Waals surface area contributed by atoms with Crippen LogP contribution in [0, 0.1) is 0 Å². The number of piperidine rings is 1. The SMILES string of the molecule is CC.CN(C(=O)c1ccc(C2CCNCC2)cc1)C1CC1. The summed E-state index contributed by atoms with van der Waals surface area (Å²) >= 11 is 0. The molecule has 3 heteroatoms. The van der Waals surface area contributed by atoms with Gasteiger partial charge in [0.1, 0.15) is 0 Å². The molecule has 0 bridgehead atoms. The van der Waals surface area contributed by atoms with Crippen LogP contribution in [0.5, 0.6) is 0 Å². The number of carbonyl (C=O) groups is 1. The van der Waals surface area contributed by atoms with Gasteiger partial charge >= 0.3 is 0 Å². The Hall–Kier alpha value is -1.35. The van der Waals surface area contributed by atoms with Crippen molar-refractivity contribution in [2.45, 2.75) is 51.5 Å². The molecule has 1 aliphatic carbocycles. The molecule has 21 heavy (non-hydrogen) atoms. The highest BCUT2D eigenvalue weighted by Crippen LogP contribution is 2.28. The molecule has 1 aromatic rings. The molecule has 1 heterocycles. The molecular weight excluding hydrogens is 260 g/mol. The highest BCUT2D eigenvalue weighted by molar-refractivity contribution is 5.94. The Morgan fingerprint density at radius 3 is 2.14 bits per heavy atom. The van der Waals surface area contributed by atoms with Gasteiger partial charge in [-0.05, 0) is 62.4 Å². The third-order valence-corrected chi connectivity index (χ3v) is 4.38. The standard InChI is InChI=1S/C16H22N2O.C2H6/c1-18(15-6-7-15)16(19)14-4-2-12(3-5-14)13-8-10-17-11-9-13;1-2/h2-5,13,15,17H,6-11H2,1H3;1-2H3. The van der Waals surface area contributed by atoms with Gasteiger partial charge in [-0.1, -0.05) is 26.0 Å². The van der Waals surface area contributed by atoms with Crippen LogP contribution >= 0.6 is 0 Å². The van der Waals surface area contributed by atoms with E-state index in [-0.39, 0.29) is 5.91 Å². The van der Waals surface area contributed by atoms with Crippen LogP contribution in [-0.2, 0) is 0 Å². The second-order valence-electron chi connectivity index (χ2n) is 5.79. The monoisotopic (exact) mass is 288 g/mol. The van der Waals surface area contributed by atoms with Gasteiger partial charge in [0.2, 0.25) is 0 Å². The van der Waals surface area contributed by atoms with Crippen LogP contribution in [0.2, 0.25) is 0 Å². The summed E-state index contributed by atoms with van der Waals surface area (Å²) in [5, 5.41) is 3.39. The van der Waals surface area contributed by atoms with E-state index < -0.39 is 0 Å². The summed E-state index contributed by atoms with van der Waals surface area (Å²) in [7, 11) is 1.92. The van der Waals surface area contributed by atoms with Crippen LogP contribution in [0.15, 0.2) is 24.3 Å². The van der Waals surface area contributed by atoms with Crippen molar-refractivity contribution in [3.63, 3.8) is 0 Å². The molecule has 0 unspecified atom stereocenters. The minimum Gasteiger partial charge on any atom is -0.339 e. The van der Waals surface area contributed by atoms with Crippen molar-refractivity contribution in [1.82, 2.24) is 10.2 Å². The number of hydrogen-bond acceptors (Lipinski definition) is 2. The minimum absolute atomic E-state index is 0.166. The van der Waals surface area contributed by atoms with Crippen molar-refractivity contribution >= 4 is 5.91 Å². The number of nitrogens with zero attached hydrogens (tertiary/aromatic N) is 1. The molecule has 2 aliphatic rings. The average molecular weight is 288 g/mol. The molecule has 1 N–H and O–H groups in total. The normalized spacial score (nSPS) is 18.6. The fraction of sp³-hybridized carbons (Fsp3) is 0.611. The molecule has 1 saturated heterocycles. The quantitative estimate of drug-likeness (QED) is 0.924. The molecule has 0 atom stereocenters. The second-order valence-corrected chi connectivity index (χ2v) is 5.79. The van der Waals surface area contributed by atoms with Crippen LogP contribution in [0.1, 0.15) is 61.4 Å². The number of nitrogens with one attached hydrogen (secondary N) is 1. The molecule has 0 aromatic heterocycles. The van der Waals surface area contributed by atoms with Crippen LogP contribution in [0.3, 0.4) is 0 Å². The van der Waals surface area contributed by atoms with E-state index >= 15 is 0 Å². The smallest absolute Gasteiger partial charge is 0.253 e. The summed E-state index contributed by atoms with van der Waals surface area (Å²) in [6.07, 6.45) is 4.73. The van der Waals surface area contributed by atoms with Crippen molar-refractivity contribution in [2.24, 2.45) is 0 Å². The lowest BCUT2D eigenvalue weighted by Gasteiger charge is -2.23. The molecule has 1 saturated carbocycles. The Morgan fingerprint density at radius 1 is 1.05 bits per heavy atom. The Labute approximate surface area is 128 Å². The molecule has 3 rings (SSSR count). The highest BCUT2D eigenvalue weighted by Gasteiger charge is 2.30. The fourth-order valence-corrected chi connectivity index (χ4v) is 2.88. The minimum atomic E-state index is 0.166. The predicted octanol–water partition coefficient (Wildman–Crippen LogP) is 3.41. The number of hydrogen-bond donors (Lipinski definition) is 1. The van der Waals surface area contributed by atoms with Gasteiger partial charge in [0, 0.05) is 18.7 Å². The predicted molar refractivity (Wildman–Crippen MR) is 87.8 cm³/mol. The van der Waals surface area contributed by atoms with E-state index in [0.717, 1.165) is 31.5 Å².